The number of carboxylic acid groups (broad SMARTS) is 1. The van der Waals surface area contributed by atoms with Gasteiger partial charge in [-0.3, -0.25) is 9.59 Å². The molecule has 0 spiro atoms. The van der Waals surface area contributed by atoms with Crippen LogP contribution in [0.5, 0.6) is 0 Å². The van der Waals surface area contributed by atoms with Crippen LogP contribution in [0.2, 0.25) is 0 Å². The minimum atomic E-state index is -0.893. The van der Waals surface area contributed by atoms with Gasteiger partial charge in [-0.1, -0.05) is 0 Å². The highest BCUT2D eigenvalue weighted by Crippen LogP contribution is 2.20. The molecule has 0 aliphatic carbocycles. The molecular formula is C15H18N2O4. The number of hydrogen-bond donors (Lipinski definition) is 2. The number of carbonyl (C=O) groups excluding carboxylic acids is 1. The van der Waals surface area contributed by atoms with E-state index >= 15 is 0 Å². The maximum atomic E-state index is 11.9. The average Bonchev–Trinajstić information content (AvgIpc) is 2.81. The van der Waals surface area contributed by atoms with Gasteiger partial charge in [0, 0.05) is 29.4 Å². The van der Waals surface area contributed by atoms with E-state index in [2.05, 4.69) is 5.32 Å². The third kappa shape index (κ3) is 3.61. The van der Waals surface area contributed by atoms with Gasteiger partial charge in [0.15, 0.2) is 0 Å². The number of benzene rings is 1. The molecule has 6 nitrogen and oxygen atoms in total. The van der Waals surface area contributed by atoms with Crippen molar-refractivity contribution in [2.45, 2.75) is 26.5 Å². The topological polar surface area (TPSA) is 80.6 Å². The predicted octanol–water partition coefficient (Wildman–Crippen LogP) is 2.09. The van der Waals surface area contributed by atoms with Crippen LogP contribution in [0.15, 0.2) is 30.5 Å². The van der Waals surface area contributed by atoms with Crippen LogP contribution in [-0.2, 0) is 20.9 Å². The smallest absolute Gasteiger partial charge is 0.323 e. The van der Waals surface area contributed by atoms with Crippen LogP contribution in [0, 0.1) is 0 Å². The molecule has 0 fully saturated rings. The van der Waals surface area contributed by atoms with E-state index in [9.17, 15) is 9.59 Å². The lowest BCUT2D eigenvalue weighted by atomic mass is 10.2. The summed E-state index contributed by atoms with van der Waals surface area (Å²) in [4.78, 5) is 22.6. The number of nitrogens with zero attached hydrogens (tertiary/aromatic N) is 1. The van der Waals surface area contributed by atoms with Crippen molar-refractivity contribution in [2.24, 2.45) is 0 Å². The zero-order valence-corrected chi connectivity index (χ0v) is 12.0. The molecule has 0 aliphatic heterocycles. The fourth-order valence-corrected chi connectivity index (χ4v) is 2.13. The van der Waals surface area contributed by atoms with Crippen molar-refractivity contribution in [3.63, 3.8) is 0 Å². The van der Waals surface area contributed by atoms with Crippen molar-refractivity contribution >= 4 is 28.5 Å². The van der Waals surface area contributed by atoms with Crippen molar-refractivity contribution in [3.05, 3.63) is 30.5 Å². The third-order valence-electron chi connectivity index (χ3n) is 3.13. The molecule has 6 heteroatoms. The highest BCUT2D eigenvalue weighted by Gasteiger charge is 2.13. The minimum absolute atomic E-state index is 0.0867. The number of rotatable bonds is 6. The van der Waals surface area contributed by atoms with E-state index in [1.165, 1.54) is 0 Å². The van der Waals surface area contributed by atoms with Gasteiger partial charge >= 0.3 is 5.97 Å². The van der Waals surface area contributed by atoms with Gasteiger partial charge in [-0.05, 0) is 38.1 Å². The van der Waals surface area contributed by atoms with Crippen molar-refractivity contribution < 1.29 is 19.4 Å². The molecule has 21 heavy (non-hydrogen) atoms. The molecule has 1 atom stereocenters. The number of hydrogen-bond acceptors (Lipinski definition) is 3. The van der Waals surface area contributed by atoms with E-state index in [1.54, 1.807) is 29.8 Å². The van der Waals surface area contributed by atoms with Gasteiger partial charge in [-0.25, -0.2) is 0 Å². The Balaban J connectivity index is 2.16. The highest BCUT2D eigenvalue weighted by molar-refractivity contribution is 5.96. The Morgan fingerprint density at radius 2 is 2.14 bits per heavy atom. The van der Waals surface area contributed by atoms with Gasteiger partial charge in [0.25, 0.3) is 5.91 Å². The Labute approximate surface area is 122 Å². The standard InChI is InChI=1S/C15H18N2O4/c1-3-21-10(2)15(20)16-12-4-5-13-11(8-12)6-7-17(13)9-14(18)19/h4-8,10H,3,9H2,1-2H3,(H,16,20)(H,18,19). The second kappa shape index (κ2) is 6.41. The summed E-state index contributed by atoms with van der Waals surface area (Å²) < 4.78 is 6.87. The van der Waals surface area contributed by atoms with Crippen LogP contribution in [0.3, 0.4) is 0 Å². The van der Waals surface area contributed by atoms with Crippen LogP contribution < -0.4 is 5.32 Å². The second-order valence-corrected chi connectivity index (χ2v) is 4.70. The molecule has 0 saturated carbocycles. The molecule has 0 bridgehead atoms. The fourth-order valence-electron chi connectivity index (χ4n) is 2.13. The van der Waals surface area contributed by atoms with E-state index in [1.807, 2.05) is 19.1 Å². The van der Waals surface area contributed by atoms with Crippen LogP contribution in [0.1, 0.15) is 13.8 Å². The van der Waals surface area contributed by atoms with Crippen LogP contribution >= 0.6 is 0 Å². The summed E-state index contributed by atoms with van der Waals surface area (Å²) in [6.07, 6.45) is 1.20. The van der Waals surface area contributed by atoms with Crippen LogP contribution in [0.4, 0.5) is 5.69 Å². The molecule has 1 aromatic heterocycles. The first-order chi connectivity index (χ1) is 10.0. The Kier molecular flexibility index (Phi) is 4.59. The van der Waals surface area contributed by atoms with E-state index < -0.39 is 12.1 Å². The Hall–Kier alpha value is -2.34. The lowest BCUT2D eigenvalue weighted by Crippen LogP contribution is -2.27. The Bertz CT molecular complexity index is 663. The monoisotopic (exact) mass is 290 g/mol. The molecule has 0 radical (unpaired) electrons. The maximum Gasteiger partial charge on any atom is 0.323 e. The predicted molar refractivity (Wildman–Crippen MR) is 79.3 cm³/mol. The van der Waals surface area contributed by atoms with Crippen molar-refractivity contribution in [1.29, 1.82) is 0 Å². The normalized spacial score (nSPS) is 12.3. The van der Waals surface area contributed by atoms with E-state index in [4.69, 9.17) is 9.84 Å². The average molecular weight is 290 g/mol. The summed E-state index contributed by atoms with van der Waals surface area (Å²) >= 11 is 0. The quantitative estimate of drug-likeness (QED) is 0.853. The molecule has 112 valence electrons. The van der Waals surface area contributed by atoms with Crippen LogP contribution in [0.25, 0.3) is 10.9 Å². The molecular weight excluding hydrogens is 272 g/mol. The first-order valence-electron chi connectivity index (χ1n) is 6.74. The molecule has 1 heterocycles. The molecule has 2 aromatic rings. The van der Waals surface area contributed by atoms with Gasteiger partial charge in [0.1, 0.15) is 12.6 Å². The van der Waals surface area contributed by atoms with E-state index in [0.29, 0.717) is 12.3 Å². The molecule has 1 amide bonds. The number of carbonyl (C=O) groups is 2. The largest absolute Gasteiger partial charge is 0.480 e. The number of ether oxygens (including phenoxy) is 1. The SMILES string of the molecule is CCOC(C)C(=O)Nc1ccc2c(ccn2CC(=O)O)c1. The Morgan fingerprint density at radius 1 is 1.38 bits per heavy atom. The molecule has 1 unspecified atom stereocenters. The Morgan fingerprint density at radius 3 is 2.81 bits per heavy atom. The zero-order valence-electron chi connectivity index (χ0n) is 12.0. The molecule has 2 rings (SSSR count). The zero-order chi connectivity index (χ0) is 15.4. The minimum Gasteiger partial charge on any atom is -0.480 e. The highest BCUT2D eigenvalue weighted by atomic mass is 16.5. The molecule has 0 saturated heterocycles. The van der Waals surface area contributed by atoms with Gasteiger partial charge in [0.2, 0.25) is 0 Å². The molecule has 2 N–H and O–H groups in total. The van der Waals surface area contributed by atoms with Crippen molar-refractivity contribution in [1.82, 2.24) is 4.57 Å². The lowest BCUT2D eigenvalue weighted by molar-refractivity contribution is -0.137. The van der Waals surface area contributed by atoms with E-state index in [0.717, 1.165) is 10.9 Å². The molecule has 0 aliphatic rings. The number of amides is 1. The van der Waals surface area contributed by atoms with Gasteiger partial charge in [-0.15, -0.1) is 0 Å². The maximum absolute atomic E-state index is 11.9. The van der Waals surface area contributed by atoms with Crippen molar-refractivity contribution in [3.8, 4) is 0 Å². The third-order valence-corrected chi connectivity index (χ3v) is 3.13. The lowest BCUT2D eigenvalue weighted by Gasteiger charge is -2.12. The number of aromatic nitrogens is 1. The first kappa shape index (κ1) is 15.1. The van der Waals surface area contributed by atoms with Crippen LogP contribution in [-0.4, -0.2) is 34.3 Å². The van der Waals surface area contributed by atoms with Crippen molar-refractivity contribution in [2.75, 3.05) is 11.9 Å². The summed E-state index contributed by atoms with van der Waals surface area (Å²) in [5.41, 5.74) is 1.47. The first-order valence-corrected chi connectivity index (χ1v) is 6.74. The number of fused-ring (bicyclic) bond motifs is 1. The second-order valence-electron chi connectivity index (χ2n) is 4.70. The summed E-state index contributed by atoms with van der Waals surface area (Å²) in [5, 5.41) is 12.5. The van der Waals surface area contributed by atoms with Gasteiger partial charge in [-0.2, -0.15) is 0 Å². The fraction of sp³-hybridized carbons (Fsp3) is 0.333. The summed E-state index contributed by atoms with van der Waals surface area (Å²) in [6.45, 7) is 3.92. The summed E-state index contributed by atoms with van der Waals surface area (Å²) in [7, 11) is 0. The van der Waals surface area contributed by atoms with Gasteiger partial charge in [0.05, 0.1) is 0 Å². The number of aliphatic carboxylic acids is 1. The summed E-state index contributed by atoms with van der Waals surface area (Å²) in [5.74, 6) is -1.10. The van der Waals surface area contributed by atoms with E-state index in [-0.39, 0.29) is 12.5 Å². The van der Waals surface area contributed by atoms with Gasteiger partial charge < -0.3 is 19.7 Å². The number of anilines is 1. The number of carboxylic acids is 1. The summed E-state index contributed by atoms with van der Waals surface area (Å²) in [6, 6.07) is 7.17. The number of nitrogens with one attached hydrogen (secondary N) is 1. The molecule has 1 aromatic carbocycles.